The van der Waals surface area contributed by atoms with Gasteiger partial charge >= 0.3 is 11.9 Å². The van der Waals surface area contributed by atoms with Gasteiger partial charge in [-0.25, -0.2) is 0 Å². The summed E-state index contributed by atoms with van der Waals surface area (Å²) in [4.78, 5) is 25.7. The number of carbonyl (C=O) groups is 2. The van der Waals surface area contributed by atoms with Crippen LogP contribution in [0.1, 0.15) is 174 Å². The Hall–Kier alpha value is -2.76. The van der Waals surface area contributed by atoms with Crippen molar-refractivity contribution in [2.24, 2.45) is 0 Å². The number of hydrogen-bond donors (Lipinski definition) is 7. The van der Waals surface area contributed by atoms with Gasteiger partial charge in [-0.2, -0.15) is 0 Å². The van der Waals surface area contributed by atoms with Gasteiger partial charge in [0, 0.05) is 12.8 Å². The molecule has 0 aromatic carbocycles. The number of aliphatic hydroxyl groups excluding tert-OH is 7. The highest BCUT2D eigenvalue weighted by molar-refractivity contribution is 5.70. The Balaban J connectivity index is 1.85. The van der Waals surface area contributed by atoms with Gasteiger partial charge in [-0.15, -0.1) is 5.73 Å². The molecule has 15 heteroatoms. The third-order valence-corrected chi connectivity index (χ3v) is 12.1. The first kappa shape index (κ1) is 61.4. The van der Waals surface area contributed by atoms with Crippen LogP contribution >= 0.6 is 0 Å². The molecule has 0 aliphatic carbocycles. The van der Waals surface area contributed by atoms with E-state index in [1.807, 2.05) is 6.08 Å². The van der Waals surface area contributed by atoms with Gasteiger partial charge in [0.25, 0.3) is 0 Å². The van der Waals surface area contributed by atoms with Gasteiger partial charge in [0.1, 0.15) is 55.4 Å². The fraction of sp³-hybridized carbons (Fsp3) is 0.792. The van der Waals surface area contributed by atoms with Crippen LogP contribution in [0.4, 0.5) is 0 Å². The molecule has 15 nitrogen and oxygen atoms in total. The maximum Gasteiger partial charge on any atom is 0.306 e. The van der Waals surface area contributed by atoms with E-state index in [-0.39, 0.29) is 19.4 Å². The highest BCUT2D eigenvalue weighted by atomic mass is 16.7. The van der Waals surface area contributed by atoms with Crippen LogP contribution in [0.15, 0.2) is 54.3 Å². The van der Waals surface area contributed by atoms with Crippen LogP contribution in [0.2, 0.25) is 0 Å². The molecule has 2 saturated heterocycles. The molecule has 0 saturated carbocycles. The second kappa shape index (κ2) is 39.9. The molecule has 0 aromatic rings. The average molecular weight is 967 g/mol. The number of allylic oxidation sites excluding steroid dienone is 7. The first-order chi connectivity index (χ1) is 33.0. The Labute approximate surface area is 407 Å². The number of aliphatic hydroxyl groups is 7. The Morgan fingerprint density at radius 2 is 0.985 bits per heavy atom. The molecular formula is C53H90O15. The Kier molecular flexibility index (Phi) is 36.0. The molecule has 4 unspecified atom stereocenters. The number of unbranched alkanes of at least 4 members (excludes halogenated alkanes) is 17. The number of ether oxygens (including phenoxy) is 6. The smallest absolute Gasteiger partial charge is 0.306 e. The topological polar surface area (TPSA) is 231 Å². The molecule has 2 aliphatic rings. The summed E-state index contributed by atoms with van der Waals surface area (Å²) in [6.45, 7) is 2.48. The van der Waals surface area contributed by atoms with Crippen LogP contribution in [-0.4, -0.2) is 142 Å². The molecule has 7 N–H and O–H groups in total. The van der Waals surface area contributed by atoms with Gasteiger partial charge in [0.2, 0.25) is 0 Å². The fourth-order valence-corrected chi connectivity index (χ4v) is 7.74. The molecule has 392 valence electrons. The van der Waals surface area contributed by atoms with Gasteiger partial charge in [-0.3, -0.25) is 9.59 Å². The lowest BCUT2D eigenvalue weighted by Crippen LogP contribution is -2.61. The summed E-state index contributed by atoms with van der Waals surface area (Å²) < 4.78 is 33.5. The van der Waals surface area contributed by atoms with E-state index in [1.54, 1.807) is 0 Å². The predicted molar refractivity (Wildman–Crippen MR) is 260 cm³/mol. The molecule has 11 atom stereocenters. The van der Waals surface area contributed by atoms with Crippen molar-refractivity contribution in [2.75, 3.05) is 26.4 Å². The van der Waals surface area contributed by atoms with E-state index < -0.39 is 99.3 Å². The second-order valence-corrected chi connectivity index (χ2v) is 18.1. The summed E-state index contributed by atoms with van der Waals surface area (Å²) in [5.41, 5.74) is 3.28. The molecule has 0 radical (unpaired) electrons. The third kappa shape index (κ3) is 27.6. The van der Waals surface area contributed by atoms with E-state index in [9.17, 15) is 45.3 Å². The maximum atomic E-state index is 13.0. The zero-order chi connectivity index (χ0) is 49.6. The molecular weight excluding hydrogens is 877 g/mol. The van der Waals surface area contributed by atoms with E-state index in [0.717, 1.165) is 57.8 Å². The van der Waals surface area contributed by atoms with E-state index in [0.29, 0.717) is 19.3 Å². The third-order valence-electron chi connectivity index (χ3n) is 12.1. The van der Waals surface area contributed by atoms with Crippen molar-refractivity contribution in [1.29, 1.82) is 0 Å². The highest BCUT2D eigenvalue weighted by Crippen LogP contribution is 2.26. The quantitative estimate of drug-likeness (QED) is 0.0139. The van der Waals surface area contributed by atoms with Crippen LogP contribution in [0.3, 0.4) is 0 Å². The Bertz CT molecular complexity index is 1430. The molecule has 0 spiro atoms. The largest absolute Gasteiger partial charge is 0.462 e. The second-order valence-electron chi connectivity index (χ2n) is 18.1. The van der Waals surface area contributed by atoms with Crippen molar-refractivity contribution in [3.63, 3.8) is 0 Å². The lowest BCUT2D eigenvalue weighted by molar-refractivity contribution is -0.332. The lowest BCUT2D eigenvalue weighted by Gasteiger charge is -2.42. The van der Waals surface area contributed by atoms with Crippen LogP contribution in [0, 0.1) is 0 Å². The first-order valence-corrected chi connectivity index (χ1v) is 26.0. The summed E-state index contributed by atoms with van der Waals surface area (Å²) in [5.74, 6) is -1.01. The van der Waals surface area contributed by atoms with E-state index in [2.05, 4.69) is 62.1 Å². The molecule has 2 aliphatic heterocycles. The van der Waals surface area contributed by atoms with Crippen molar-refractivity contribution >= 4 is 11.9 Å². The van der Waals surface area contributed by atoms with E-state index in [4.69, 9.17) is 28.4 Å². The maximum absolute atomic E-state index is 13.0. The number of rotatable bonds is 39. The predicted octanol–water partition coefficient (Wildman–Crippen LogP) is 7.25. The average Bonchev–Trinajstić information content (AvgIpc) is 3.33. The monoisotopic (exact) mass is 967 g/mol. The number of esters is 2. The van der Waals surface area contributed by atoms with Crippen LogP contribution in [0.5, 0.6) is 0 Å². The molecule has 0 bridgehead atoms. The zero-order valence-electron chi connectivity index (χ0n) is 41.4. The highest BCUT2D eigenvalue weighted by Gasteiger charge is 2.47. The van der Waals surface area contributed by atoms with Crippen molar-refractivity contribution in [1.82, 2.24) is 0 Å². The van der Waals surface area contributed by atoms with Crippen molar-refractivity contribution < 1.29 is 73.8 Å². The molecule has 0 aromatic heterocycles. The van der Waals surface area contributed by atoms with Crippen molar-refractivity contribution in [3.05, 3.63) is 54.3 Å². The van der Waals surface area contributed by atoms with Gasteiger partial charge in [-0.05, 0) is 82.8 Å². The van der Waals surface area contributed by atoms with Gasteiger partial charge < -0.3 is 64.2 Å². The summed E-state index contributed by atoms with van der Waals surface area (Å²) in [6.07, 6.45) is 25.0. The molecule has 2 fully saturated rings. The fourth-order valence-electron chi connectivity index (χ4n) is 7.74. The molecule has 0 amide bonds. The number of hydrogen-bond acceptors (Lipinski definition) is 15. The Morgan fingerprint density at radius 1 is 0.515 bits per heavy atom. The molecule has 2 heterocycles. The van der Waals surface area contributed by atoms with Crippen LogP contribution in [0.25, 0.3) is 0 Å². The normalized spacial score (nSPS) is 25.8. The first-order valence-electron chi connectivity index (χ1n) is 26.0. The van der Waals surface area contributed by atoms with E-state index >= 15 is 0 Å². The van der Waals surface area contributed by atoms with Gasteiger partial charge in [-0.1, -0.05) is 127 Å². The summed E-state index contributed by atoms with van der Waals surface area (Å²) >= 11 is 0. The SMILES string of the molecule is CCCCCCCC=C=CCCCCCCCC(=O)O[C@@H](COC(=O)CCC/C=C/C/C=C/C/C=C/CCCCCCCC)CO[C@@H]1O[C@H](CO[C@@H]2O[C@H](CO)[C@H](O)C(O)C2O)[C@H](O)C(O)C1O. The van der Waals surface area contributed by atoms with Crippen LogP contribution in [-0.2, 0) is 38.0 Å². The molecule has 2 rings (SSSR count). The summed E-state index contributed by atoms with van der Waals surface area (Å²) in [7, 11) is 0. The van der Waals surface area contributed by atoms with Crippen molar-refractivity contribution in [2.45, 2.75) is 242 Å². The zero-order valence-corrected chi connectivity index (χ0v) is 41.4. The summed E-state index contributed by atoms with van der Waals surface area (Å²) in [5, 5.41) is 72.1. The van der Waals surface area contributed by atoms with Gasteiger partial charge in [0.15, 0.2) is 18.7 Å². The standard InChI is InChI=1S/C53H90O15/c1-3-5-7-9-11-13-15-17-19-20-22-23-25-27-29-31-33-35-44(55)63-38-41(66-45(56)36-34-32-30-28-26-24-21-18-16-14-12-10-8-6-4-2)39-64-52-51(62)49(60)47(58)43(68-52)40-65-53-50(61)48(59)46(57)42(37-54)67-53/h16-17,19,21-23,27,29,41-43,46-54,57-62H,3-15,20,24-26,28,30-40H2,1-2H3/b19-17+,23-22+,29-27+/t18?,41-,42+,43+,46-,47-,48?,49?,50?,51?,52+,53+/m0/s1. The minimum Gasteiger partial charge on any atom is -0.462 e. The van der Waals surface area contributed by atoms with Crippen molar-refractivity contribution in [3.8, 4) is 0 Å². The summed E-state index contributed by atoms with van der Waals surface area (Å²) in [6, 6.07) is 0. The van der Waals surface area contributed by atoms with Crippen LogP contribution < -0.4 is 0 Å². The van der Waals surface area contributed by atoms with E-state index in [1.165, 1.54) is 70.6 Å². The van der Waals surface area contributed by atoms with Gasteiger partial charge in [0.05, 0.1) is 19.8 Å². The molecule has 68 heavy (non-hydrogen) atoms. The lowest BCUT2D eigenvalue weighted by atomic mass is 9.98. The Morgan fingerprint density at radius 3 is 1.57 bits per heavy atom. The number of carbonyl (C=O) groups excluding carboxylic acids is 2. The minimum atomic E-state index is -1.78. The minimum absolute atomic E-state index is 0.133.